The topological polar surface area (TPSA) is 39.7 Å². The molecule has 21 heavy (non-hydrogen) atoms. The zero-order valence-electron chi connectivity index (χ0n) is 11.5. The van der Waals surface area contributed by atoms with Crippen LogP contribution in [-0.2, 0) is 4.74 Å². The van der Waals surface area contributed by atoms with Crippen LogP contribution in [0.5, 0.6) is 11.5 Å². The van der Waals surface area contributed by atoms with Crippen LogP contribution >= 0.6 is 0 Å². The van der Waals surface area contributed by atoms with E-state index >= 15 is 0 Å². The molecule has 1 aliphatic rings. The maximum absolute atomic E-state index is 11.9. The van der Waals surface area contributed by atoms with Crippen LogP contribution in [-0.4, -0.2) is 39.1 Å². The number of fused-ring (bicyclic) bond motifs is 1. The van der Waals surface area contributed by atoms with Crippen molar-refractivity contribution >= 4 is 5.69 Å². The summed E-state index contributed by atoms with van der Waals surface area (Å²) in [6.45, 7) is 0.643. The van der Waals surface area contributed by atoms with E-state index < -0.39 is 12.8 Å². The number of halogens is 3. The highest BCUT2D eigenvalue weighted by Crippen LogP contribution is 2.32. The molecule has 7 heteroatoms. The number of hydrogen-bond donors (Lipinski definition) is 1. The van der Waals surface area contributed by atoms with Gasteiger partial charge in [-0.15, -0.1) is 0 Å². The highest BCUT2D eigenvalue weighted by Gasteiger charge is 2.27. The molecular weight excluding hydrogens is 287 g/mol. The first-order valence-corrected chi connectivity index (χ1v) is 6.83. The smallest absolute Gasteiger partial charge is 0.411 e. The SMILES string of the molecule is FC(F)(F)COCCCNc1ccc2c(c1)OCCCO2. The van der Waals surface area contributed by atoms with E-state index in [9.17, 15) is 13.2 Å². The van der Waals surface area contributed by atoms with Gasteiger partial charge in [-0.05, 0) is 18.6 Å². The predicted molar refractivity (Wildman–Crippen MR) is 72.0 cm³/mol. The van der Waals surface area contributed by atoms with Crippen molar-refractivity contribution in [2.75, 3.05) is 38.3 Å². The van der Waals surface area contributed by atoms with Crippen LogP contribution in [0.2, 0.25) is 0 Å². The molecule has 0 radical (unpaired) electrons. The van der Waals surface area contributed by atoms with Gasteiger partial charge in [-0.3, -0.25) is 0 Å². The van der Waals surface area contributed by atoms with E-state index in [0.717, 1.165) is 12.1 Å². The molecular formula is C14H18F3NO3. The summed E-state index contributed by atoms with van der Waals surface area (Å²) in [4.78, 5) is 0. The largest absolute Gasteiger partial charge is 0.490 e. The molecule has 0 bridgehead atoms. The molecule has 118 valence electrons. The summed E-state index contributed by atoms with van der Waals surface area (Å²) >= 11 is 0. The molecule has 1 aromatic carbocycles. The Morgan fingerprint density at radius 1 is 1.14 bits per heavy atom. The normalized spacial score (nSPS) is 14.6. The minimum atomic E-state index is -4.26. The van der Waals surface area contributed by atoms with Gasteiger partial charge in [-0.25, -0.2) is 0 Å². The molecule has 0 atom stereocenters. The van der Waals surface area contributed by atoms with Gasteiger partial charge in [0.25, 0.3) is 0 Å². The number of rotatable bonds is 6. The minimum absolute atomic E-state index is 0.0665. The van der Waals surface area contributed by atoms with Crippen molar-refractivity contribution in [3.8, 4) is 11.5 Å². The van der Waals surface area contributed by atoms with Crippen molar-refractivity contribution in [1.82, 2.24) is 0 Å². The second-order valence-corrected chi connectivity index (χ2v) is 4.66. The van der Waals surface area contributed by atoms with E-state index in [-0.39, 0.29) is 6.61 Å². The molecule has 0 saturated carbocycles. The summed E-state index contributed by atoms with van der Waals surface area (Å²) in [5.74, 6) is 1.40. The quantitative estimate of drug-likeness (QED) is 0.819. The average molecular weight is 305 g/mol. The molecule has 1 N–H and O–H groups in total. The van der Waals surface area contributed by atoms with Crippen molar-refractivity contribution < 1.29 is 27.4 Å². The number of ether oxygens (including phenoxy) is 3. The Bertz CT molecular complexity index is 452. The van der Waals surface area contributed by atoms with E-state index in [2.05, 4.69) is 10.1 Å². The Hall–Kier alpha value is -1.63. The van der Waals surface area contributed by atoms with E-state index in [4.69, 9.17) is 9.47 Å². The fraction of sp³-hybridized carbons (Fsp3) is 0.571. The van der Waals surface area contributed by atoms with Gasteiger partial charge in [-0.1, -0.05) is 0 Å². The van der Waals surface area contributed by atoms with Crippen molar-refractivity contribution in [3.63, 3.8) is 0 Å². The Kier molecular flexibility index (Phi) is 5.55. The Labute approximate surface area is 121 Å². The van der Waals surface area contributed by atoms with Crippen LogP contribution in [0.1, 0.15) is 12.8 Å². The molecule has 0 amide bonds. The Morgan fingerprint density at radius 3 is 2.67 bits per heavy atom. The van der Waals surface area contributed by atoms with Crippen molar-refractivity contribution in [3.05, 3.63) is 18.2 Å². The second kappa shape index (κ2) is 7.40. The van der Waals surface area contributed by atoms with Crippen LogP contribution in [0.15, 0.2) is 18.2 Å². The van der Waals surface area contributed by atoms with Crippen molar-refractivity contribution in [2.45, 2.75) is 19.0 Å². The predicted octanol–water partition coefficient (Wildman–Crippen LogP) is 3.23. The van der Waals surface area contributed by atoms with E-state index in [0.29, 0.717) is 37.7 Å². The third kappa shape index (κ3) is 5.71. The third-order valence-electron chi connectivity index (χ3n) is 2.81. The van der Waals surface area contributed by atoms with E-state index in [1.807, 2.05) is 18.2 Å². The molecule has 0 fully saturated rings. The van der Waals surface area contributed by atoms with Gasteiger partial charge in [0.2, 0.25) is 0 Å². The van der Waals surface area contributed by atoms with Crippen LogP contribution in [0.25, 0.3) is 0 Å². The zero-order valence-corrected chi connectivity index (χ0v) is 11.5. The first-order chi connectivity index (χ1) is 10.0. The fourth-order valence-electron chi connectivity index (χ4n) is 1.87. The maximum atomic E-state index is 11.9. The minimum Gasteiger partial charge on any atom is -0.490 e. The Balaban J connectivity index is 1.70. The number of alkyl halides is 3. The monoisotopic (exact) mass is 305 g/mol. The molecule has 0 aliphatic carbocycles. The summed E-state index contributed by atoms with van der Waals surface area (Å²) in [6, 6.07) is 5.50. The first-order valence-electron chi connectivity index (χ1n) is 6.83. The van der Waals surface area contributed by atoms with Crippen LogP contribution in [0.4, 0.5) is 18.9 Å². The number of benzene rings is 1. The van der Waals surface area contributed by atoms with Gasteiger partial charge < -0.3 is 19.5 Å². The summed E-state index contributed by atoms with van der Waals surface area (Å²) in [5, 5.41) is 3.12. The summed E-state index contributed by atoms with van der Waals surface area (Å²) in [7, 11) is 0. The molecule has 4 nitrogen and oxygen atoms in total. The van der Waals surface area contributed by atoms with Gasteiger partial charge in [0, 0.05) is 31.3 Å². The molecule has 0 aromatic heterocycles. The molecule has 1 heterocycles. The standard InChI is InChI=1S/C14H18F3NO3/c15-14(16,17)10-19-6-1-5-18-11-3-4-12-13(9-11)21-8-2-7-20-12/h3-4,9,18H,1-2,5-8,10H2. The lowest BCUT2D eigenvalue weighted by Crippen LogP contribution is -2.18. The van der Waals surface area contributed by atoms with Crippen LogP contribution < -0.4 is 14.8 Å². The van der Waals surface area contributed by atoms with Crippen LogP contribution in [0.3, 0.4) is 0 Å². The van der Waals surface area contributed by atoms with E-state index in [1.165, 1.54) is 0 Å². The number of hydrogen-bond acceptors (Lipinski definition) is 4. The number of nitrogens with one attached hydrogen (secondary N) is 1. The average Bonchev–Trinajstić information content (AvgIpc) is 2.66. The van der Waals surface area contributed by atoms with Gasteiger partial charge in [0.15, 0.2) is 11.5 Å². The fourth-order valence-corrected chi connectivity index (χ4v) is 1.87. The first kappa shape index (κ1) is 15.8. The maximum Gasteiger partial charge on any atom is 0.411 e. The highest BCUT2D eigenvalue weighted by molar-refractivity contribution is 5.54. The third-order valence-corrected chi connectivity index (χ3v) is 2.81. The van der Waals surface area contributed by atoms with Crippen molar-refractivity contribution in [1.29, 1.82) is 0 Å². The van der Waals surface area contributed by atoms with Crippen molar-refractivity contribution in [2.24, 2.45) is 0 Å². The molecule has 1 aliphatic heterocycles. The molecule has 0 saturated heterocycles. The molecule has 1 aromatic rings. The highest BCUT2D eigenvalue weighted by atomic mass is 19.4. The summed E-state index contributed by atoms with van der Waals surface area (Å²) in [5.41, 5.74) is 0.843. The zero-order chi connectivity index (χ0) is 15.1. The second-order valence-electron chi connectivity index (χ2n) is 4.66. The Morgan fingerprint density at radius 2 is 1.90 bits per heavy atom. The van der Waals surface area contributed by atoms with Gasteiger partial charge >= 0.3 is 6.18 Å². The van der Waals surface area contributed by atoms with Gasteiger partial charge in [0.1, 0.15) is 6.61 Å². The molecule has 2 rings (SSSR count). The number of anilines is 1. The lowest BCUT2D eigenvalue weighted by Gasteiger charge is -2.11. The van der Waals surface area contributed by atoms with Gasteiger partial charge in [0.05, 0.1) is 13.2 Å². The molecule has 0 unspecified atom stereocenters. The van der Waals surface area contributed by atoms with E-state index in [1.54, 1.807) is 0 Å². The lowest BCUT2D eigenvalue weighted by molar-refractivity contribution is -0.173. The van der Waals surface area contributed by atoms with Gasteiger partial charge in [-0.2, -0.15) is 13.2 Å². The lowest BCUT2D eigenvalue weighted by atomic mass is 10.2. The summed E-state index contributed by atoms with van der Waals surface area (Å²) < 4.78 is 51.2. The summed E-state index contributed by atoms with van der Waals surface area (Å²) in [6.07, 6.45) is -2.93. The molecule has 0 spiro atoms. The van der Waals surface area contributed by atoms with Crippen LogP contribution in [0, 0.1) is 0 Å².